The molecule has 218 valence electrons. The second-order valence-corrected chi connectivity index (χ2v) is 14.2. The van der Waals surface area contributed by atoms with Gasteiger partial charge in [-0.2, -0.15) is 0 Å². The highest BCUT2D eigenvalue weighted by Gasteiger charge is 2.31. The van der Waals surface area contributed by atoms with Crippen LogP contribution >= 0.6 is 0 Å². The molecule has 0 radical (unpaired) electrons. The van der Waals surface area contributed by atoms with Gasteiger partial charge in [-0.1, -0.05) is 91.3 Å². The topological polar surface area (TPSA) is 34.8 Å². The minimum absolute atomic E-state index is 0.0848. The van der Waals surface area contributed by atoms with Gasteiger partial charge in [-0.3, -0.25) is 4.57 Å². The van der Waals surface area contributed by atoms with Crippen LogP contribution in [-0.4, -0.2) is 14.1 Å². The van der Waals surface area contributed by atoms with E-state index < -0.39 is 0 Å². The van der Waals surface area contributed by atoms with Crippen molar-refractivity contribution >= 4 is 39.4 Å². The zero-order valence-corrected chi connectivity index (χ0v) is 26.7. The number of hydrogen-bond acceptors (Lipinski definition) is 2. The summed E-state index contributed by atoms with van der Waals surface area (Å²) >= 11 is 0. The van der Waals surface area contributed by atoms with Gasteiger partial charge in [0.15, 0.2) is 0 Å². The first-order valence-electron chi connectivity index (χ1n) is 15.7. The summed E-state index contributed by atoms with van der Waals surface area (Å²) in [7, 11) is 0. The molecule has 4 nitrogen and oxygen atoms in total. The fraction of sp³-hybridized carbons (Fsp3) is 0.395. The molecule has 1 unspecified atom stereocenters. The predicted molar refractivity (Wildman–Crippen MR) is 180 cm³/mol. The highest BCUT2D eigenvalue weighted by molar-refractivity contribution is 5.94. The Hall–Kier alpha value is -3.79. The Kier molecular flexibility index (Phi) is 7.07. The maximum absolute atomic E-state index is 5.46. The van der Waals surface area contributed by atoms with Crippen molar-refractivity contribution in [1.29, 1.82) is 0 Å². The second-order valence-electron chi connectivity index (χ2n) is 14.2. The minimum atomic E-state index is 0.0848. The molecule has 4 heteroatoms. The van der Waals surface area contributed by atoms with Crippen LogP contribution in [0.5, 0.6) is 0 Å². The number of aromatic nitrogens is 3. The van der Waals surface area contributed by atoms with E-state index in [-0.39, 0.29) is 10.8 Å². The summed E-state index contributed by atoms with van der Waals surface area (Å²) in [5.74, 6) is 1.50. The number of rotatable bonds is 6. The lowest BCUT2D eigenvalue weighted by atomic mass is 9.74. The van der Waals surface area contributed by atoms with Crippen molar-refractivity contribution in [3.05, 3.63) is 89.1 Å². The van der Waals surface area contributed by atoms with E-state index in [9.17, 15) is 0 Å². The van der Waals surface area contributed by atoms with Crippen LogP contribution in [0.1, 0.15) is 83.7 Å². The Balaban J connectivity index is 1.61. The smallest absolute Gasteiger partial charge is 0.215 e. The molecule has 1 atom stereocenters. The van der Waals surface area contributed by atoms with Crippen LogP contribution in [0.15, 0.2) is 66.7 Å². The molecular weight excluding hydrogens is 512 g/mol. The lowest BCUT2D eigenvalue weighted by Gasteiger charge is -2.30. The van der Waals surface area contributed by atoms with E-state index in [1.807, 2.05) is 0 Å². The van der Waals surface area contributed by atoms with E-state index in [1.165, 1.54) is 38.8 Å². The van der Waals surface area contributed by atoms with Gasteiger partial charge in [0.25, 0.3) is 0 Å². The standard InChI is InChI=1S/C38H46N4/c1-9-10-22-41-34-17-13-16-31(39-30-15-12-11-14-25(30)2)35(34)40-36(41)42-32-20-18-26(37(3,4)5)23-28(32)29-24-27(38(6,7)8)19-21-33(29)42/h11-21,23,27,39H,9-10,22,24H2,1-8H3. The Labute approximate surface area is 251 Å². The fourth-order valence-electron chi connectivity index (χ4n) is 6.34. The highest BCUT2D eigenvalue weighted by Crippen LogP contribution is 2.42. The molecule has 0 amide bonds. The van der Waals surface area contributed by atoms with Crippen LogP contribution in [0.3, 0.4) is 0 Å². The van der Waals surface area contributed by atoms with Gasteiger partial charge < -0.3 is 9.88 Å². The highest BCUT2D eigenvalue weighted by atomic mass is 15.3. The molecule has 42 heavy (non-hydrogen) atoms. The average Bonchev–Trinajstić information content (AvgIpc) is 3.47. The van der Waals surface area contributed by atoms with Gasteiger partial charge in [-0.15, -0.1) is 0 Å². The maximum atomic E-state index is 5.46. The molecule has 6 rings (SSSR count). The number of unbranched alkanes of at least 4 members (excludes halogenated alkanes) is 1. The van der Waals surface area contributed by atoms with Gasteiger partial charge in [0.1, 0.15) is 5.52 Å². The van der Waals surface area contributed by atoms with Crippen molar-refractivity contribution in [2.24, 2.45) is 11.3 Å². The Morgan fingerprint density at radius 3 is 2.38 bits per heavy atom. The number of allylic oxidation sites excluding steroid dienone is 1. The first-order chi connectivity index (χ1) is 20.0. The number of nitrogens with one attached hydrogen (secondary N) is 1. The zero-order valence-electron chi connectivity index (χ0n) is 26.7. The second kappa shape index (κ2) is 10.5. The summed E-state index contributed by atoms with van der Waals surface area (Å²) in [4.78, 5) is 5.46. The number of hydrogen-bond donors (Lipinski definition) is 1. The largest absolute Gasteiger partial charge is 0.353 e. The van der Waals surface area contributed by atoms with Crippen LogP contribution in [0.25, 0.3) is 34.0 Å². The van der Waals surface area contributed by atoms with E-state index in [0.29, 0.717) is 5.92 Å². The molecule has 2 aromatic heterocycles. The first kappa shape index (κ1) is 28.3. The summed E-state index contributed by atoms with van der Waals surface area (Å²) in [5.41, 5.74) is 11.2. The number of anilines is 2. The van der Waals surface area contributed by atoms with E-state index >= 15 is 0 Å². The number of fused-ring (bicyclic) bond motifs is 4. The Bertz CT molecular complexity index is 1800. The third-order valence-corrected chi connectivity index (χ3v) is 9.11. The number of para-hydroxylation sites is 2. The molecule has 1 aliphatic rings. The first-order valence-corrected chi connectivity index (χ1v) is 15.7. The fourth-order valence-corrected chi connectivity index (χ4v) is 6.34. The molecule has 5 aromatic rings. The molecule has 0 aliphatic heterocycles. The number of benzene rings is 3. The third-order valence-electron chi connectivity index (χ3n) is 9.11. The van der Waals surface area contributed by atoms with Crippen molar-refractivity contribution in [1.82, 2.24) is 14.1 Å². The van der Waals surface area contributed by atoms with E-state index in [2.05, 4.69) is 143 Å². The van der Waals surface area contributed by atoms with Gasteiger partial charge in [0.2, 0.25) is 5.95 Å². The van der Waals surface area contributed by atoms with Crippen LogP contribution < -0.4 is 5.32 Å². The summed E-state index contributed by atoms with van der Waals surface area (Å²) in [5, 5.41) is 5.07. The van der Waals surface area contributed by atoms with Gasteiger partial charge in [-0.05, 0) is 89.6 Å². The summed E-state index contributed by atoms with van der Waals surface area (Å²) in [6, 6.07) is 22.1. The van der Waals surface area contributed by atoms with Crippen LogP contribution in [0.2, 0.25) is 0 Å². The quantitative estimate of drug-likeness (QED) is 0.225. The zero-order chi connectivity index (χ0) is 29.8. The van der Waals surface area contributed by atoms with Crippen molar-refractivity contribution in [2.45, 2.75) is 86.6 Å². The molecule has 2 heterocycles. The van der Waals surface area contributed by atoms with Gasteiger partial charge in [-0.25, -0.2) is 4.98 Å². The normalized spacial score (nSPS) is 15.5. The molecule has 0 saturated carbocycles. The number of nitrogens with zero attached hydrogens (tertiary/aromatic N) is 3. The maximum Gasteiger partial charge on any atom is 0.215 e. The molecule has 0 bridgehead atoms. The van der Waals surface area contributed by atoms with E-state index in [0.717, 1.165) is 48.6 Å². The van der Waals surface area contributed by atoms with Crippen molar-refractivity contribution < 1.29 is 0 Å². The predicted octanol–water partition coefficient (Wildman–Crippen LogP) is 10.4. The van der Waals surface area contributed by atoms with Gasteiger partial charge in [0.05, 0.1) is 22.4 Å². The summed E-state index contributed by atoms with van der Waals surface area (Å²) < 4.78 is 4.89. The lowest BCUT2D eigenvalue weighted by molar-refractivity contribution is 0.291. The number of aryl methyl sites for hydroxylation is 2. The molecule has 0 saturated heterocycles. The molecule has 3 aromatic carbocycles. The molecule has 0 fully saturated rings. The molecule has 0 spiro atoms. The Morgan fingerprint density at radius 1 is 0.905 bits per heavy atom. The summed E-state index contributed by atoms with van der Waals surface area (Å²) in [6.07, 6.45) is 8.09. The van der Waals surface area contributed by atoms with Crippen LogP contribution in [0, 0.1) is 18.3 Å². The molecule has 1 N–H and O–H groups in total. The third kappa shape index (κ3) is 4.95. The van der Waals surface area contributed by atoms with Crippen molar-refractivity contribution in [2.75, 3.05) is 5.32 Å². The SMILES string of the molecule is CCCCn1c(-n2c3c(c4cc(C(C)(C)C)ccc42)CC(C(C)(C)C)C=C3)nc2c(Nc3ccccc3C)cccc21. The summed E-state index contributed by atoms with van der Waals surface area (Å²) in [6.45, 7) is 19.3. The lowest BCUT2D eigenvalue weighted by Crippen LogP contribution is -2.23. The monoisotopic (exact) mass is 558 g/mol. The molecule has 1 aliphatic carbocycles. The Morgan fingerprint density at radius 2 is 1.67 bits per heavy atom. The van der Waals surface area contributed by atoms with Crippen molar-refractivity contribution in [3.63, 3.8) is 0 Å². The number of imidazole rings is 1. The van der Waals surface area contributed by atoms with Crippen LogP contribution in [0.4, 0.5) is 11.4 Å². The van der Waals surface area contributed by atoms with Gasteiger partial charge >= 0.3 is 0 Å². The van der Waals surface area contributed by atoms with Gasteiger partial charge in [0, 0.05) is 17.6 Å². The van der Waals surface area contributed by atoms with Crippen LogP contribution in [-0.2, 0) is 18.4 Å². The van der Waals surface area contributed by atoms with Crippen molar-refractivity contribution in [3.8, 4) is 5.95 Å². The minimum Gasteiger partial charge on any atom is -0.353 e. The van der Waals surface area contributed by atoms with E-state index in [4.69, 9.17) is 4.98 Å². The average molecular weight is 559 g/mol. The van der Waals surface area contributed by atoms with E-state index in [1.54, 1.807) is 0 Å². The molecular formula is C38H46N4.